The van der Waals surface area contributed by atoms with Crippen LogP contribution in [0.25, 0.3) is 0 Å². The van der Waals surface area contributed by atoms with E-state index in [0.717, 1.165) is 38.4 Å². The quantitative estimate of drug-likeness (QED) is 0.804. The van der Waals surface area contributed by atoms with E-state index < -0.39 is 0 Å². The van der Waals surface area contributed by atoms with Gasteiger partial charge in [0.2, 0.25) is 5.89 Å². The molecule has 0 N–H and O–H groups in total. The molecule has 0 saturated carbocycles. The first-order chi connectivity index (χ1) is 11.8. The van der Waals surface area contributed by atoms with Crippen molar-refractivity contribution in [2.75, 3.05) is 37.7 Å². The van der Waals surface area contributed by atoms with Crippen LogP contribution >= 0.6 is 0 Å². The van der Waals surface area contributed by atoms with E-state index >= 15 is 0 Å². The molecule has 7 nitrogen and oxygen atoms in total. The Bertz CT molecular complexity index is 618. The molecule has 1 saturated heterocycles. The molecule has 1 aliphatic rings. The highest BCUT2D eigenvalue weighted by Crippen LogP contribution is 2.16. The van der Waals surface area contributed by atoms with Crippen molar-refractivity contribution in [2.45, 2.75) is 32.9 Å². The van der Waals surface area contributed by atoms with E-state index in [4.69, 9.17) is 9.26 Å². The minimum Gasteiger partial charge on any atom is -0.371 e. The van der Waals surface area contributed by atoms with Crippen LogP contribution in [-0.4, -0.2) is 52.8 Å². The van der Waals surface area contributed by atoms with Gasteiger partial charge in [0, 0.05) is 39.0 Å². The third-order valence-electron chi connectivity index (χ3n) is 4.18. The summed E-state index contributed by atoms with van der Waals surface area (Å²) in [6.07, 6.45) is 2.81. The number of hydrogen-bond acceptors (Lipinski definition) is 7. The molecule has 0 aromatic carbocycles. The van der Waals surface area contributed by atoms with Gasteiger partial charge in [-0.05, 0) is 32.4 Å². The van der Waals surface area contributed by atoms with E-state index in [9.17, 15) is 0 Å². The van der Waals surface area contributed by atoms with Gasteiger partial charge in [0.05, 0.1) is 6.54 Å². The predicted octanol–water partition coefficient (Wildman–Crippen LogP) is 2.27. The zero-order chi connectivity index (χ0) is 16.8. The summed E-state index contributed by atoms with van der Waals surface area (Å²) in [4.78, 5) is 13.6. The zero-order valence-electron chi connectivity index (χ0n) is 14.4. The van der Waals surface area contributed by atoms with Gasteiger partial charge >= 0.3 is 0 Å². The topological polar surface area (TPSA) is 67.5 Å². The smallest absolute Gasteiger partial charge is 0.240 e. The van der Waals surface area contributed by atoms with Gasteiger partial charge < -0.3 is 14.2 Å². The molecule has 130 valence electrons. The highest BCUT2D eigenvalue weighted by molar-refractivity contribution is 5.37. The summed E-state index contributed by atoms with van der Waals surface area (Å²) in [6, 6.07) is 6.05. The van der Waals surface area contributed by atoms with Gasteiger partial charge in [-0.3, -0.25) is 4.90 Å². The molecule has 3 heterocycles. The second-order valence-electron chi connectivity index (χ2n) is 5.95. The number of hydrogen-bond donors (Lipinski definition) is 0. The summed E-state index contributed by atoms with van der Waals surface area (Å²) in [5.41, 5.74) is 0. The Morgan fingerprint density at radius 2 is 2.17 bits per heavy atom. The normalized spacial score (nSPS) is 17.7. The van der Waals surface area contributed by atoms with Crippen LogP contribution < -0.4 is 4.90 Å². The van der Waals surface area contributed by atoms with Crippen LogP contribution in [0.2, 0.25) is 0 Å². The van der Waals surface area contributed by atoms with E-state index in [2.05, 4.69) is 31.0 Å². The van der Waals surface area contributed by atoms with Crippen molar-refractivity contribution in [2.24, 2.45) is 0 Å². The van der Waals surface area contributed by atoms with Crippen LogP contribution in [0.4, 0.5) is 5.82 Å². The summed E-state index contributed by atoms with van der Waals surface area (Å²) in [5.74, 6) is 2.32. The number of ether oxygens (including phenoxy) is 1. The molecule has 24 heavy (non-hydrogen) atoms. The Balaban J connectivity index is 1.55. The fourth-order valence-electron chi connectivity index (χ4n) is 2.91. The van der Waals surface area contributed by atoms with Crippen LogP contribution in [0.1, 0.15) is 38.1 Å². The van der Waals surface area contributed by atoms with Gasteiger partial charge in [0.25, 0.3) is 0 Å². The Morgan fingerprint density at radius 1 is 1.25 bits per heavy atom. The van der Waals surface area contributed by atoms with Crippen molar-refractivity contribution in [1.29, 1.82) is 0 Å². The predicted molar refractivity (Wildman–Crippen MR) is 90.7 cm³/mol. The van der Waals surface area contributed by atoms with Crippen molar-refractivity contribution in [3.8, 4) is 0 Å². The monoisotopic (exact) mass is 331 g/mol. The van der Waals surface area contributed by atoms with Crippen LogP contribution in [0, 0.1) is 0 Å². The van der Waals surface area contributed by atoms with Gasteiger partial charge in [-0.1, -0.05) is 11.2 Å². The Labute approximate surface area is 142 Å². The molecule has 7 heteroatoms. The van der Waals surface area contributed by atoms with Gasteiger partial charge in [-0.15, -0.1) is 0 Å². The van der Waals surface area contributed by atoms with E-state index in [1.807, 2.05) is 32.2 Å². The summed E-state index contributed by atoms with van der Waals surface area (Å²) >= 11 is 0. The lowest BCUT2D eigenvalue weighted by molar-refractivity contribution is 0.0683. The maximum absolute atomic E-state index is 5.50. The molecule has 0 aliphatic carbocycles. The van der Waals surface area contributed by atoms with Crippen LogP contribution in [0.5, 0.6) is 0 Å². The standard InChI is InChI=1S/C17H25N5O2/c1-3-23-14(2)17-19-16(24-20-17)13-21-9-6-10-22(12-11-21)15-7-4-5-8-18-15/h4-5,7-8,14H,3,6,9-13H2,1-2H3/t14-/m1/s1. The van der Waals surface area contributed by atoms with Crippen molar-refractivity contribution in [1.82, 2.24) is 20.0 Å². The number of anilines is 1. The first kappa shape index (κ1) is 16.9. The molecule has 2 aromatic rings. The van der Waals surface area contributed by atoms with Crippen molar-refractivity contribution >= 4 is 5.82 Å². The highest BCUT2D eigenvalue weighted by atomic mass is 16.5. The molecule has 0 unspecified atom stereocenters. The van der Waals surface area contributed by atoms with E-state index in [-0.39, 0.29) is 6.10 Å². The van der Waals surface area contributed by atoms with Crippen molar-refractivity contribution in [3.63, 3.8) is 0 Å². The van der Waals surface area contributed by atoms with E-state index in [0.29, 0.717) is 24.9 Å². The van der Waals surface area contributed by atoms with Gasteiger partial charge in [0.1, 0.15) is 11.9 Å². The fraction of sp³-hybridized carbons (Fsp3) is 0.588. The van der Waals surface area contributed by atoms with Crippen molar-refractivity contribution in [3.05, 3.63) is 36.1 Å². The Hall–Kier alpha value is -1.99. The summed E-state index contributed by atoms with van der Waals surface area (Å²) in [6.45, 7) is 9.16. The molecule has 1 atom stereocenters. The second-order valence-corrected chi connectivity index (χ2v) is 5.95. The second kappa shape index (κ2) is 8.21. The molecule has 0 bridgehead atoms. The molecule has 2 aromatic heterocycles. The lowest BCUT2D eigenvalue weighted by atomic mass is 10.3. The van der Waals surface area contributed by atoms with E-state index in [1.54, 1.807) is 0 Å². The van der Waals surface area contributed by atoms with E-state index in [1.165, 1.54) is 0 Å². The minimum atomic E-state index is -0.128. The van der Waals surface area contributed by atoms with Crippen LogP contribution in [0.3, 0.4) is 0 Å². The van der Waals surface area contributed by atoms with Gasteiger partial charge in [0.15, 0.2) is 5.82 Å². The number of rotatable bonds is 6. The molecular weight excluding hydrogens is 306 g/mol. The average Bonchev–Trinajstić information content (AvgIpc) is 2.94. The molecule has 3 rings (SSSR count). The lowest BCUT2D eigenvalue weighted by Gasteiger charge is -2.21. The average molecular weight is 331 g/mol. The molecular formula is C17H25N5O2. The SMILES string of the molecule is CCO[C@H](C)c1noc(CN2CCCN(c3ccccn3)CC2)n1. The minimum absolute atomic E-state index is 0.128. The molecule has 1 aliphatic heterocycles. The molecule has 0 spiro atoms. The molecule has 0 radical (unpaired) electrons. The number of aromatic nitrogens is 3. The Kier molecular flexibility index (Phi) is 5.77. The summed E-state index contributed by atoms with van der Waals surface area (Å²) in [5, 5.41) is 4.03. The molecule has 1 fully saturated rings. The number of nitrogens with zero attached hydrogens (tertiary/aromatic N) is 5. The first-order valence-corrected chi connectivity index (χ1v) is 8.58. The zero-order valence-corrected chi connectivity index (χ0v) is 14.4. The highest BCUT2D eigenvalue weighted by Gasteiger charge is 2.19. The van der Waals surface area contributed by atoms with Crippen LogP contribution in [0.15, 0.2) is 28.9 Å². The first-order valence-electron chi connectivity index (χ1n) is 8.58. The van der Waals surface area contributed by atoms with Gasteiger partial charge in [-0.25, -0.2) is 4.98 Å². The Morgan fingerprint density at radius 3 is 2.96 bits per heavy atom. The molecule has 0 amide bonds. The summed E-state index contributed by atoms with van der Waals surface area (Å²) < 4.78 is 10.9. The maximum Gasteiger partial charge on any atom is 0.240 e. The van der Waals surface area contributed by atoms with Crippen LogP contribution in [-0.2, 0) is 11.3 Å². The lowest BCUT2D eigenvalue weighted by Crippen LogP contribution is -2.31. The van der Waals surface area contributed by atoms with Gasteiger partial charge in [-0.2, -0.15) is 4.98 Å². The third-order valence-corrected chi connectivity index (χ3v) is 4.18. The largest absolute Gasteiger partial charge is 0.371 e. The third kappa shape index (κ3) is 4.30. The van der Waals surface area contributed by atoms with Crippen molar-refractivity contribution < 1.29 is 9.26 Å². The maximum atomic E-state index is 5.50. The fourth-order valence-corrected chi connectivity index (χ4v) is 2.91. The number of pyridine rings is 1. The summed E-state index contributed by atoms with van der Waals surface area (Å²) in [7, 11) is 0.